The molecule has 0 atom stereocenters. The number of aryl methyl sites for hydroxylation is 1. The van der Waals surface area contributed by atoms with E-state index in [-0.39, 0.29) is 18.4 Å². The van der Waals surface area contributed by atoms with Crippen LogP contribution in [-0.2, 0) is 18.5 Å². The number of hydrogen-bond donors (Lipinski definition) is 0. The van der Waals surface area contributed by atoms with Gasteiger partial charge in [0, 0.05) is 18.7 Å². The standard InChI is InChI=1S/C25H20ClN7O4/c1-33-24(28-31-32-33)22(16-8-4-3-5-9-16)30-35-15-21-27-29-25(37-21)19-12-7-13-20(26)23(19)36-18-11-6-10-17(14-18)34-2/h3-14H,15H2,1-2H3/b30-22-. The molecule has 0 saturated carbocycles. The van der Waals surface area contributed by atoms with Crippen LogP contribution in [0.4, 0.5) is 0 Å². The molecule has 0 unspecified atom stereocenters. The van der Waals surface area contributed by atoms with Crippen molar-refractivity contribution < 1.29 is 18.7 Å². The molecular weight excluding hydrogens is 498 g/mol. The summed E-state index contributed by atoms with van der Waals surface area (Å²) in [5.74, 6) is 2.41. The van der Waals surface area contributed by atoms with Gasteiger partial charge in [0.25, 0.3) is 11.8 Å². The van der Waals surface area contributed by atoms with Crippen molar-refractivity contribution in [1.29, 1.82) is 0 Å². The normalized spacial score (nSPS) is 11.4. The molecule has 37 heavy (non-hydrogen) atoms. The van der Waals surface area contributed by atoms with Crippen molar-refractivity contribution in [3.8, 4) is 28.7 Å². The average molecular weight is 518 g/mol. The average Bonchev–Trinajstić information content (AvgIpc) is 3.57. The predicted octanol–water partition coefficient (Wildman–Crippen LogP) is 4.68. The Hall–Kier alpha value is -4.77. The van der Waals surface area contributed by atoms with Gasteiger partial charge in [-0.05, 0) is 34.7 Å². The second-order valence-electron chi connectivity index (χ2n) is 7.60. The van der Waals surface area contributed by atoms with Crippen LogP contribution in [-0.4, -0.2) is 43.2 Å². The number of rotatable bonds is 9. The fraction of sp³-hybridized carbons (Fsp3) is 0.120. The fourth-order valence-corrected chi connectivity index (χ4v) is 3.60. The van der Waals surface area contributed by atoms with E-state index in [0.29, 0.717) is 39.4 Å². The highest BCUT2D eigenvalue weighted by Gasteiger charge is 2.19. The third-order valence-corrected chi connectivity index (χ3v) is 5.45. The Morgan fingerprint density at radius 3 is 2.57 bits per heavy atom. The highest BCUT2D eigenvalue weighted by Crippen LogP contribution is 2.39. The molecule has 0 saturated heterocycles. The molecule has 0 bridgehead atoms. The maximum Gasteiger partial charge on any atom is 0.257 e. The van der Waals surface area contributed by atoms with E-state index in [1.807, 2.05) is 42.5 Å². The summed E-state index contributed by atoms with van der Waals surface area (Å²) in [7, 11) is 3.30. The molecule has 12 heteroatoms. The number of para-hydroxylation sites is 1. The van der Waals surface area contributed by atoms with Gasteiger partial charge in [0.2, 0.25) is 5.82 Å². The van der Waals surface area contributed by atoms with Crippen molar-refractivity contribution in [2.75, 3.05) is 7.11 Å². The van der Waals surface area contributed by atoms with E-state index < -0.39 is 0 Å². The van der Waals surface area contributed by atoms with Crippen molar-refractivity contribution in [2.45, 2.75) is 6.61 Å². The van der Waals surface area contributed by atoms with Gasteiger partial charge in [-0.1, -0.05) is 59.2 Å². The molecule has 0 amide bonds. The van der Waals surface area contributed by atoms with Crippen LogP contribution in [0.5, 0.6) is 17.2 Å². The quantitative estimate of drug-likeness (QED) is 0.202. The zero-order chi connectivity index (χ0) is 25.6. The molecule has 2 aromatic heterocycles. The summed E-state index contributed by atoms with van der Waals surface area (Å²) >= 11 is 6.44. The van der Waals surface area contributed by atoms with E-state index in [9.17, 15) is 0 Å². The number of halogens is 1. The van der Waals surface area contributed by atoms with Gasteiger partial charge in [-0.2, -0.15) is 0 Å². The summed E-state index contributed by atoms with van der Waals surface area (Å²) in [6.45, 7) is -0.0821. The van der Waals surface area contributed by atoms with Crippen LogP contribution in [0.1, 0.15) is 17.3 Å². The molecule has 0 radical (unpaired) electrons. The summed E-state index contributed by atoms with van der Waals surface area (Å²) in [5.41, 5.74) is 1.76. The van der Waals surface area contributed by atoms with Crippen molar-refractivity contribution >= 4 is 17.3 Å². The van der Waals surface area contributed by atoms with Gasteiger partial charge in [0.05, 0.1) is 17.7 Å². The first-order valence-corrected chi connectivity index (χ1v) is 11.4. The first-order chi connectivity index (χ1) is 18.1. The summed E-state index contributed by atoms with van der Waals surface area (Å²) < 4.78 is 18.6. The molecular formula is C25H20ClN7O4. The zero-order valence-corrected chi connectivity index (χ0v) is 20.5. The molecule has 0 aliphatic heterocycles. The molecule has 5 rings (SSSR count). The topological polar surface area (TPSA) is 123 Å². The second-order valence-corrected chi connectivity index (χ2v) is 8.01. The maximum atomic E-state index is 6.44. The largest absolute Gasteiger partial charge is 0.497 e. The Kier molecular flexibility index (Phi) is 7.04. The Morgan fingerprint density at radius 1 is 0.973 bits per heavy atom. The van der Waals surface area contributed by atoms with Crippen LogP contribution < -0.4 is 9.47 Å². The summed E-state index contributed by atoms with van der Waals surface area (Å²) in [5, 5.41) is 24.4. The van der Waals surface area contributed by atoms with Crippen molar-refractivity contribution in [3.63, 3.8) is 0 Å². The van der Waals surface area contributed by atoms with Crippen LogP contribution >= 0.6 is 11.6 Å². The minimum Gasteiger partial charge on any atom is -0.497 e. The fourth-order valence-electron chi connectivity index (χ4n) is 3.39. The Morgan fingerprint density at radius 2 is 1.78 bits per heavy atom. The van der Waals surface area contributed by atoms with E-state index in [2.05, 4.69) is 30.9 Å². The molecule has 11 nitrogen and oxygen atoms in total. The van der Waals surface area contributed by atoms with Gasteiger partial charge >= 0.3 is 0 Å². The van der Waals surface area contributed by atoms with E-state index in [1.165, 1.54) is 4.68 Å². The van der Waals surface area contributed by atoms with E-state index >= 15 is 0 Å². The first-order valence-electron chi connectivity index (χ1n) is 11.0. The molecule has 0 aliphatic carbocycles. The van der Waals surface area contributed by atoms with Crippen molar-refractivity contribution in [2.24, 2.45) is 12.2 Å². The summed E-state index contributed by atoms with van der Waals surface area (Å²) in [6, 6.07) is 21.8. The lowest BCUT2D eigenvalue weighted by atomic mass is 10.1. The second kappa shape index (κ2) is 10.9. The van der Waals surface area contributed by atoms with Crippen LogP contribution in [0.3, 0.4) is 0 Å². The van der Waals surface area contributed by atoms with Gasteiger partial charge < -0.3 is 18.7 Å². The van der Waals surface area contributed by atoms with Crippen LogP contribution in [0.15, 0.2) is 82.4 Å². The van der Waals surface area contributed by atoms with Crippen molar-refractivity contribution in [1.82, 2.24) is 30.4 Å². The Bertz CT molecular complexity index is 1540. The lowest BCUT2D eigenvalue weighted by molar-refractivity contribution is 0.111. The minimum absolute atomic E-state index is 0.0821. The van der Waals surface area contributed by atoms with E-state index in [1.54, 1.807) is 44.5 Å². The number of benzene rings is 3. The number of nitrogens with zero attached hydrogens (tertiary/aromatic N) is 7. The minimum atomic E-state index is -0.0821. The SMILES string of the molecule is COc1cccc(Oc2c(Cl)cccc2-c2nnc(CO/N=C(/c3ccccc3)c3nnnn3C)o2)c1. The van der Waals surface area contributed by atoms with Crippen LogP contribution in [0.25, 0.3) is 11.5 Å². The molecule has 3 aromatic carbocycles. The zero-order valence-electron chi connectivity index (χ0n) is 19.8. The Balaban J connectivity index is 1.37. The number of hydrogen-bond acceptors (Lipinski definition) is 10. The van der Waals surface area contributed by atoms with Crippen molar-refractivity contribution in [3.05, 3.63) is 95.1 Å². The maximum absolute atomic E-state index is 6.44. The number of aromatic nitrogens is 6. The smallest absolute Gasteiger partial charge is 0.257 e. The first kappa shape index (κ1) is 23.9. The van der Waals surface area contributed by atoms with Crippen LogP contribution in [0.2, 0.25) is 5.02 Å². The third-order valence-electron chi connectivity index (χ3n) is 5.15. The predicted molar refractivity (Wildman–Crippen MR) is 133 cm³/mol. The lowest BCUT2D eigenvalue weighted by Gasteiger charge is -2.11. The monoisotopic (exact) mass is 517 g/mol. The number of methoxy groups -OCH3 is 1. The number of ether oxygens (including phenoxy) is 2. The van der Waals surface area contributed by atoms with E-state index in [0.717, 1.165) is 5.56 Å². The van der Waals surface area contributed by atoms with Gasteiger partial charge in [-0.25, -0.2) is 4.68 Å². The lowest BCUT2D eigenvalue weighted by Crippen LogP contribution is -2.12. The number of oxime groups is 1. The molecule has 0 aliphatic rings. The molecule has 2 heterocycles. The van der Waals surface area contributed by atoms with Gasteiger partial charge in [0.15, 0.2) is 18.1 Å². The highest BCUT2D eigenvalue weighted by atomic mass is 35.5. The summed E-state index contributed by atoms with van der Waals surface area (Å²) in [6.07, 6.45) is 0. The summed E-state index contributed by atoms with van der Waals surface area (Å²) in [4.78, 5) is 5.55. The molecule has 5 aromatic rings. The highest BCUT2D eigenvalue weighted by molar-refractivity contribution is 6.32. The molecule has 0 fully saturated rings. The van der Waals surface area contributed by atoms with Gasteiger partial charge in [0.1, 0.15) is 11.5 Å². The van der Waals surface area contributed by atoms with E-state index in [4.69, 9.17) is 30.3 Å². The number of tetrazole rings is 1. The molecule has 0 N–H and O–H groups in total. The van der Waals surface area contributed by atoms with Crippen LogP contribution in [0, 0.1) is 0 Å². The molecule has 0 spiro atoms. The Labute approximate surface area is 216 Å². The third kappa shape index (κ3) is 5.41. The molecule has 186 valence electrons. The van der Waals surface area contributed by atoms with Gasteiger partial charge in [-0.3, -0.25) is 0 Å². The van der Waals surface area contributed by atoms with Gasteiger partial charge in [-0.15, -0.1) is 15.3 Å².